The molecule has 1 aliphatic carbocycles. The third-order valence-electron chi connectivity index (χ3n) is 3.94. The van der Waals surface area contributed by atoms with E-state index in [1.165, 1.54) is 10.4 Å². The van der Waals surface area contributed by atoms with Gasteiger partial charge >= 0.3 is 6.09 Å². The molecule has 1 amide bonds. The fourth-order valence-corrected chi connectivity index (χ4v) is 3.58. The number of ether oxygens (including phenoxy) is 1. The molecule has 0 radical (unpaired) electrons. The fraction of sp³-hybridized carbons (Fsp3) is 0.722. The second-order valence-corrected chi connectivity index (χ2v) is 8.35. The largest absolute Gasteiger partial charge is 0.444 e. The van der Waals surface area contributed by atoms with E-state index in [-0.39, 0.29) is 6.09 Å². The summed E-state index contributed by atoms with van der Waals surface area (Å²) in [5.74, 6) is 0. The molecule has 0 bridgehead atoms. The zero-order chi connectivity index (χ0) is 17.0. The Kier molecular flexibility index (Phi) is 6.09. The van der Waals surface area contributed by atoms with Crippen LogP contribution < -0.4 is 5.32 Å². The SMILES string of the molecule is Cc1ccsc1C(C)NCCCN(C(=O)OC(C)(C)C)C1CC1. The second-order valence-electron chi connectivity index (χ2n) is 7.40. The van der Waals surface area contributed by atoms with Crippen LogP contribution in [0.2, 0.25) is 0 Å². The summed E-state index contributed by atoms with van der Waals surface area (Å²) in [7, 11) is 0. The Bertz CT molecular complexity index is 517. The van der Waals surface area contributed by atoms with Gasteiger partial charge in [0.25, 0.3) is 0 Å². The van der Waals surface area contributed by atoms with Gasteiger partial charge in [0, 0.05) is 23.5 Å². The number of hydrogen-bond acceptors (Lipinski definition) is 4. The van der Waals surface area contributed by atoms with Crippen molar-refractivity contribution >= 4 is 17.4 Å². The number of carbonyl (C=O) groups excluding carboxylic acids is 1. The number of aryl methyl sites for hydroxylation is 1. The molecule has 2 rings (SSSR count). The van der Waals surface area contributed by atoms with E-state index in [9.17, 15) is 4.79 Å². The number of carbonyl (C=O) groups is 1. The van der Waals surface area contributed by atoms with Gasteiger partial charge < -0.3 is 15.0 Å². The van der Waals surface area contributed by atoms with Gasteiger partial charge in [-0.15, -0.1) is 11.3 Å². The van der Waals surface area contributed by atoms with E-state index in [0.29, 0.717) is 12.1 Å². The second kappa shape index (κ2) is 7.67. The Labute approximate surface area is 144 Å². The lowest BCUT2D eigenvalue weighted by molar-refractivity contribution is 0.0232. The van der Waals surface area contributed by atoms with Gasteiger partial charge in [-0.3, -0.25) is 0 Å². The molecule has 0 aromatic carbocycles. The standard InChI is InChI=1S/C18H30N2O2S/c1-13-9-12-23-16(13)14(2)19-10-6-11-20(15-7-8-15)17(21)22-18(3,4)5/h9,12,14-15,19H,6-8,10-11H2,1-5H3. The summed E-state index contributed by atoms with van der Waals surface area (Å²) in [6.07, 6.45) is 3.00. The highest BCUT2D eigenvalue weighted by Crippen LogP contribution is 2.28. The molecule has 1 fully saturated rings. The third-order valence-corrected chi connectivity index (χ3v) is 5.14. The van der Waals surface area contributed by atoms with Crippen LogP contribution in [-0.2, 0) is 4.74 Å². The van der Waals surface area contributed by atoms with Gasteiger partial charge in [0.2, 0.25) is 0 Å². The Morgan fingerprint density at radius 2 is 2.17 bits per heavy atom. The highest BCUT2D eigenvalue weighted by atomic mass is 32.1. The zero-order valence-corrected chi connectivity index (χ0v) is 15.8. The minimum Gasteiger partial charge on any atom is -0.444 e. The number of nitrogens with one attached hydrogen (secondary N) is 1. The first-order chi connectivity index (χ1) is 10.8. The van der Waals surface area contributed by atoms with E-state index >= 15 is 0 Å². The highest BCUT2D eigenvalue weighted by Gasteiger charge is 2.34. The lowest BCUT2D eigenvalue weighted by Gasteiger charge is -2.27. The average molecular weight is 339 g/mol. The maximum absolute atomic E-state index is 12.3. The number of nitrogens with zero attached hydrogens (tertiary/aromatic N) is 1. The van der Waals surface area contributed by atoms with Gasteiger partial charge in [0.05, 0.1) is 0 Å². The summed E-state index contributed by atoms with van der Waals surface area (Å²) in [6, 6.07) is 2.92. The van der Waals surface area contributed by atoms with Crippen LogP contribution >= 0.6 is 11.3 Å². The van der Waals surface area contributed by atoms with Crippen molar-refractivity contribution in [3.05, 3.63) is 21.9 Å². The molecular weight excluding hydrogens is 308 g/mol. The van der Waals surface area contributed by atoms with Crippen molar-refractivity contribution in [1.82, 2.24) is 10.2 Å². The molecule has 1 aromatic rings. The molecule has 1 atom stereocenters. The van der Waals surface area contributed by atoms with Gasteiger partial charge in [-0.05, 0) is 77.4 Å². The van der Waals surface area contributed by atoms with Crippen LogP contribution in [0.25, 0.3) is 0 Å². The lowest BCUT2D eigenvalue weighted by Crippen LogP contribution is -2.39. The molecule has 0 saturated heterocycles. The van der Waals surface area contributed by atoms with Crippen molar-refractivity contribution in [1.29, 1.82) is 0 Å². The van der Waals surface area contributed by atoms with Crippen LogP contribution in [0, 0.1) is 6.92 Å². The fourth-order valence-electron chi connectivity index (χ4n) is 2.62. The van der Waals surface area contributed by atoms with E-state index in [1.54, 1.807) is 11.3 Å². The summed E-state index contributed by atoms with van der Waals surface area (Å²) in [5.41, 5.74) is 0.927. The van der Waals surface area contributed by atoms with Crippen LogP contribution in [0.15, 0.2) is 11.4 Å². The van der Waals surface area contributed by atoms with E-state index in [0.717, 1.165) is 32.4 Å². The molecule has 23 heavy (non-hydrogen) atoms. The predicted octanol–water partition coefficient (Wildman–Crippen LogP) is 4.50. The Hall–Kier alpha value is -1.07. The first kappa shape index (κ1) is 18.3. The Balaban J connectivity index is 1.75. The number of amides is 1. The number of hydrogen-bond donors (Lipinski definition) is 1. The van der Waals surface area contributed by atoms with Gasteiger partial charge in [-0.25, -0.2) is 4.79 Å². The van der Waals surface area contributed by atoms with Crippen molar-refractivity contribution in [3.8, 4) is 0 Å². The van der Waals surface area contributed by atoms with Crippen LogP contribution in [0.1, 0.15) is 63.4 Å². The van der Waals surface area contributed by atoms with Gasteiger partial charge in [0.1, 0.15) is 5.60 Å². The van der Waals surface area contributed by atoms with Gasteiger partial charge in [-0.1, -0.05) is 0 Å². The number of rotatable bonds is 7. The summed E-state index contributed by atoms with van der Waals surface area (Å²) in [5, 5.41) is 5.70. The summed E-state index contributed by atoms with van der Waals surface area (Å²) in [4.78, 5) is 15.6. The number of thiophene rings is 1. The highest BCUT2D eigenvalue weighted by molar-refractivity contribution is 7.10. The third kappa shape index (κ3) is 5.81. The van der Waals surface area contributed by atoms with Gasteiger partial charge in [0.15, 0.2) is 0 Å². The van der Waals surface area contributed by atoms with Crippen molar-refractivity contribution in [2.45, 2.75) is 71.6 Å². The van der Waals surface area contributed by atoms with Crippen molar-refractivity contribution < 1.29 is 9.53 Å². The van der Waals surface area contributed by atoms with Crippen LogP contribution in [0.5, 0.6) is 0 Å². The molecule has 0 aliphatic heterocycles. The Morgan fingerprint density at radius 3 is 2.70 bits per heavy atom. The molecule has 1 aliphatic rings. The molecule has 5 heteroatoms. The lowest BCUT2D eigenvalue weighted by atomic mass is 10.2. The van der Waals surface area contributed by atoms with Crippen molar-refractivity contribution in [2.24, 2.45) is 0 Å². The van der Waals surface area contributed by atoms with E-state index in [1.807, 2.05) is 25.7 Å². The topological polar surface area (TPSA) is 41.6 Å². The Morgan fingerprint density at radius 1 is 1.48 bits per heavy atom. The van der Waals surface area contributed by atoms with Crippen LogP contribution in [0.4, 0.5) is 4.79 Å². The normalized spacial score (nSPS) is 16.2. The maximum atomic E-state index is 12.3. The monoisotopic (exact) mass is 338 g/mol. The smallest absolute Gasteiger partial charge is 0.410 e. The first-order valence-electron chi connectivity index (χ1n) is 8.55. The summed E-state index contributed by atoms with van der Waals surface area (Å²) >= 11 is 1.80. The molecule has 1 unspecified atom stereocenters. The van der Waals surface area contributed by atoms with Crippen LogP contribution in [0.3, 0.4) is 0 Å². The molecule has 1 aromatic heterocycles. The van der Waals surface area contributed by atoms with E-state index in [2.05, 4.69) is 30.6 Å². The minimum absolute atomic E-state index is 0.165. The summed E-state index contributed by atoms with van der Waals surface area (Å²) in [6.45, 7) is 11.8. The molecule has 1 saturated carbocycles. The quantitative estimate of drug-likeness (QED) is 0.744. The molecule has 1 heterocycles. The van der Waals surface area contributed by atoms with E-state index in [4.69, 9.17) is 4.74 Å². The van der Waals surface area contributed by atoms with Gasteiger partial charge in [-0.2, -0.15) is 0 Å². The average Bonchev–Trinajstić information content (AvgIpc) is 3.17. The maximum Gasteiger partial charge on any atom is 0.410 e. The minimum atomic E-state index is -0.423. The molecular formula is C18H30N2O2S. The van der Waals surface area contributed by atoms with E-state index < -0.39 is 5.60 Å². The van der Waals surface area contributed by atoms with Crippen LogP contribution in [-0.4, -0.2) is 35.7 Å². The molecule has 4 nitrogen and oxygen atoms in total. The predicted molar refractivity (Wildman–Crippen MR) is 96.1 cm³/mol. The first-order valence-corrected chi connectivity index (χ1v) is 9.43. The zero-order valence-electron chi connectivity index (χ0n) is 15.0. The molecule has 0 spiro atoms. The summed E-state index contributed by atoms with van der Waals surface area (Å²) < 4.78 is 5.52. The van der Waals surface area contributed by atoms with Crippen molar-refractivity contribution in [2.75, 3.05) is 13.1 Å². The molecule has 130 valence electrons. The van der Waals surface area contributed by atoms with Crippen molar-refractivity contribution in [3.63, 3.8) is 0 Å². The molecule has 1 N–H and O–H groups in total.